The number of amides is 2. The monoisotopic (exact) mass is 290 g/mol. The summed E-state index contributed by atoms with van der Waals surface area (Å²) in [6.45, 7) is 6.58. The number of carbonyl (C=O) groups is 2. The first-order valence-electron chi connectivity index (χ1n) is 7.31. The fourth-order valence-electron chi connectivity index (χ4n) is 2.79. The fourth-order valence-corrected chi connectivity index (χ4v) is 2.79. The number of anilines is 1. The average molecular weight is 290 g/mol. The molecule has 0 radical (unpaired) electrons. The van der Waals surface area contributed by atoms with E-state index >= 15 is 0 Å². The van der Waals surface area contributed by atoms with E-state index in [4.69, 9.17) is 0 Å². The van der Waals surface area contributed by atoms with Crippen LogP contribution in [0.3, 0.4) is 0 Å². The van der Waals surface area contributed by atoms with Crippen molar-refractivity contribution < 1.29 is 14.7 Å². The van der Waals surface area contributed by atoms with Gasteiger partial charge in [0.05, 0.1) is 0 Å². The predicted molar refractivity (Wildman–Crippen MR) is 81.7 cm³/mol. The van der Waals surface area contributed by atoms with Crippen LogP contribution in [0.25, 0.3) is 0 Å². The molecule has 1 atom stereocenters. The maximum Gasteiger partial charge on any atom is 0.326 e. The summed E-state index contributed by atoms with van der Waals surface area (Å²) in [5.74, 6) is -0.648. The van der Waals surface area contributed by atoms with Crippen LogP contribution in [-0.4, -0.2) is 34.6 Å². The minimum atomic E-state index is -0.934. The molecule has 0 aromatic heterocycles. The molecule has 114 valence electrons. The molecule has 5 heteroatoms. The molecule has 1 aliphatic heterocycles. The zero-order chi connectivity index (χ0) is 15.6. The molecule has 5 nitrogen and oxygen atoms in total. The van der Waals surface area contributed by atoms with Gasteiger partial charge in [-0.15, -0.1) is 0 Å². The van der Waals surface area contributed by atoms with Crippen molar-refractivity contribution in [1.82, 2.24) is 4.90 Å². The number of hydrogen-bond donors (Lipinski definition) is 2. The second-order valence-electron chi connectivity index (χ2n) is 5.81. The maximum atomic E-state index is 12.4. The standard InChI is InChI=1S/C16H22N2O3/c1-10(2)12-7-4-6-11(3)14(12)17-16(21)18-9-5-8-13(18)15(19)20/h4,6-7,10,13H,5,8-9H2,1-3H3,(H,17,21)(H,19,20)/t13-/m1/s1. The second-order valence-corrected chi connectivity index (χ2v) is 5.81. The Bertz CT molecular complexity index is 554. The zero-order valence-corrected chi connectivity index (χ0v) is 12.7. The third-order valence-corrected chi connectivity index (χ3v) is 3.96. The average Bonchev–Trinajstić information content (AvgIpc) is 2.90. The van der Waals surface area contributed by atoms with Crippen molar-refractivity contribution in [2.75, 3.05) is 11.9 Å². The van der Waals surface area contributed by atoms with Crippen molar-refractivity contribution in [2.45, 2.75) is 45.6 Å². The molecule has 1 saturated heterocycles. The van der Waals surface area contributed by atoms with Crippen LogP contribution in [0.1, 0.15) is 43.7 Å². The van der Waals surface area contributed by atoms with E-state index in [1.807, 2.05) is 25.1 Å². The highest BCUT2D eigenvalue weighted by atomic mass is 16.4. The molecule has 2 amide bonds. The highest BCUT2D eigenvalue weighted by Crippen LogP contribution is 2.28. The van der Waals surface area contributed by atoms with Gasteiger partial charge in [-0.05, 0) is 36.8 Å². The van der Waals surface area contributed by atoms with Crippen molar-refractivity contribution in [1.29, 1.82) is 0 Å². The third kappa shape index (κ3) is 3.17. The number of hydrogen-bond acceptors (Lipinski definition) is 2. The number of carboxylic acid groups (broad SMARTS) is 1. The summed E-state index contributed by atoms with van der Waals surface area (Å²) in [5, 5.41) is 12.1. The number of carboxylic acids is 1. The molecule has 0 bridgehead atoms. The molecule has 2 rings (SSSR count). The van der Waals surface area contributed by atoms with E-state index in [-0.39, 0.29) is 11.9 Å². The van der Waals surface area contributed by atoms with E-state index in [0.717, 1.165) is 23.2 Å². The molecule has 0 saturated carbocycles. The third-order valence-electron chi connectivity index (χ3n) is 3.96. The molecule has 0 unspecified atom stereocenters. The van der Waals surface area contributed by atoms with E-state index in [2.05, 4.69) is 19.2 Å². The predicted octanol–water partition coefficient (Wildman–Crippen LogP) is 3.20. The number of benzene rings is 1. The van der Waals surface area contributed by atoms with Gasteiger partial charge in [-0.1, -0.05) is 32.0 Å². The number of carbonyl (C=O) groups excluding carboxylic acids is 1. The van der Waals surface area contributed by atoms with Gasteiger partial charge in [0, 0.05) is 12.2 Å². The van der Waals surface area contributed by atoms with Crippen molar-refractivity contribution in [3.05, 3.63) is 29.3 Å². The number of para-hydroxylation sites is 1. The summed E-state index contributed by atoms with van der Waals surface area (Å²) < 4.78 is 0. The molecule has 0 spiro atoms. The van der Waals surface area contributed by atoms with Crippen LogP contribution in [0, 0.1) is 6.92 Å². The van der Waals surface area contributed by atoms with Crippen molar-refractivity contribution in [2.24, 2.45) is 0 Å². The van der Waals surface area contributed by atoms with Crippen LogP contribution < -0.4 is 5.32 Å². The van der Waals surface area contributed by atoms with Crippen molar-refractivity contribution in [3.8, 4) is 0 Å². The molecule has 0 aliphatic carbocycles. The van der Waals surface area contributed by atoms with Gasteiger partial charge in [-0.3, -0.25) is 0 Å². The van der Waals surface area contributed by atoms with Crippen LogP contribution in [0.2, 0.25) is 0 Å². The molecular weight excluding hydrogens is 268 g/mol. The number of aliphatic carboxylic acids is 1. The molecule has 1 aliphatic rings. The maximum absolute atomic E-state index is 12.4. The van der Waals surface area contributed by atoms with Gasteiger partial charge >= 0.3 is 12.0 Å². The van der Waals surface area contributed by atoms with E-state index in [1.54, 1.807) is 0 Å². The van der Waals surface area contributed by atoms with Crippen LogP contribution in [0.4, 0.5) is 10.5 Å². The molecule has 1 aromatic rings. The lowest BCUT2D eigenvalue weighted by Gasteiger charge is -2.24. The van der Waals surface area contributed by atoms with Crippen LogP contribution >= 0.6 is 0 Å². The SMILES string of the molecule is Cc1cccc(C(C)C)c1NC(=O)N1CCC[C@@H]1C(=O)O. The number of nitrogens with zero attached hydrogens (tertiary/aromatic N) is 1. The van der Waals surface area contributed by atoms with Crippen molar-refractivity contribution in [3.63, 3.8) is 0 Å². The minimum Gasteiger partial charge on any atom is -0.480 e. The first-order chi connectivity index (χ1) is 9.91. The van der Waals surface area contributed by atoms with Crippen LogP contribution in [-0.2, 0) is 4.79 Å². The molecule has 2 N–H and O–H groups in total. The highest BCUT2D eigenvalue weighted by molar-refractivity contribution is 5.94. The Kier molecular flexibility index (Phi) is 4.50. The Labute approximate surface area is 125 Å². The number of rotatable bonds is 3. The van der Waals surface area contributed by atoms with Gasteiger partial charge in [0.25, 0.3) is 0 Å². The normalized spacial score (nSPS) is 18.1. The van der Waals surface area contributed by atoms with Gasteiger partial charge in [0.2, 0.25) is 0 Å². The van der Waals surface area contributed by atoms with Gasteiger partial charge in [0.1, 0.15) is 6.04 Å². The Morgan fingerprint density at radius 1 is 1.38 bits per heavy atom. The van der Waals surface area contributed by atoms with Crippen LogP contribution in [0.5, 0.6) is 0 Å². The van der Waals surface area contributed by atoms with Crippen LogP contribution in [0.15, 0.2) is 18.2 Å². The number of likely N-dealkylation sites (tertiary alicyclic amines) is 1. The smallest absolute Gasteiger partial charge is 0.326 e. The summed E-state index contributed by atoms with van der Waals surface area (Å²) >= 11 is 0. The summed E-state index contributed by atoms with van der Waals surface area (Å²) in [6.07, 6.45) is 1.25. The summed E-state index contributed by atoms with van der Waals surface area (Å²) in [7, 11) is 0. The largest absolute Gasteiger partial charge is 0.480 e. The first kappa shape index (κ1) is 15.4. The van der Waals surface area contributed by atoms with Gasteiger partial charge < -0.3 is 15.3 Å². The number of urea groups is 1. The van der Waals surface area contributed by atoms with E-state index in [1.165, 1.54) is 4.90 Å². The molecule has 1 aromatic carbocycles. The van der Waals surface area contributed by atoms with Gasteiger partial charge in [0.15, 0.2) is 0 Å². The van der Waals surface area contributed by atoms with E-state index < -0.39 is 12.0 Å². The lowest BCUT2D eigenvalue weighted by molar-refractivity contribution is -0.141. The summed E-state index contributed by atoms with van der Waals surface area (Å²) in [5.41, 5.74) is 2.85. The molecular formula is C16H22N2O3. The minimum absolute atomic E-state index is 0.286. The van der Waals surface area contributed by atoms with E-state index in [0.29, 0.717) is 13.0 Å². The summed E-state index contributed by atoms with van der Waals surface area (Å²) in [4.78, 5) is 25.0. The first-order valence-corrected chi connectivity index (χ1v) is 7.31. The van der Waals surface area contributed by atoms with Gasteiger partial charge in [-0.25, -0.2) is 9.59 Å². The molecule has 1 fully saturated rings. The number of nitrogens with one attached hydrogen (secondary N) is 1. The Hall–Kier alpha value is -2.04. The van der Waals surface area contributed by atoms with Gasteiger partial charge in [-0.2, -0.15) is 0 Å². The lowest BCUT2D eigenvalue weighted by Crippen LogP contribution is -2.43. The summed E-state index contributed by atoms with van der Waals surface area (Å²) in [6, 6.07) is 4.87. The molecule has 21 heavy (non-hydrogen) atoms. The topological polar surface area (TPSA) is 69.6 Å². The molecule has 1 heterocycles. The lowest BCUT2D eigenvalue weighted by atomic mass is 9.98. The second kappa shape index (κ2) is 6.16. The Morgan fingerprint density at radius 2 is 2.10 bits per heavy atom. The quantitative estimate of drug-likeness (QED) is 0.898. The Morgan fingerprint density at radius 3 is 2.71 bits per heavy atom. The fraction of sp³-hybridized carbons (Fsp3) is 0.500. The van der Waals surface area contributed by atoms with Crippen molar-refractivity contribution >= 4 is 17.7 Å². The van der Waals surface area contributed by atoms with E-state index in [9.17, 15) is 14.7 Å². The zero-order valence-electron chi connectivity index (χ0n) is 12.7. The number of aryl methyl sites for hydroxylation is 1. The Balaban J connectivity index is 2.22. The highest BCUT2D eigenvalue weighted by Gasteiger charge is 2.34.